The van der Waals surface area contributed by atoms with Crippen LogP contribution in [0.1, 0.15) is 26.2 Å². The van der Waals surface area contributed by atoms with E-state index in [0.29, 0.717) is 0 Å². The number of nitrogens with one attached hydrogen (secondary N) is 1. The molecule has 0 aromatic rings. The van der Waals surface area contributed by atoms with Crippen LogP contribution in [0.5, 0.6) is 0 Å². The van der Waals surface area contributed by atoms with Gasteiger partial charge in [-0.15, -0.1) is 0 Å². The van der Waals surface area contributed by atoms with Crippen LogP contribution in [0.15, 0.2) is 0 Å². The molecular weight excluding hydrogens is 204 g/mol. The normalized spacial score (nSPS) is 30.6. The number of piperidine rings is 1. The molecule has 15 heavy (non-hydrogen) atoms. The summed E-state index contributed by atoms with van der Waals surface area (Å²) in [6.07, 6.45) is 4.23. The molecule has 0 aromatic carbocycles. The van der Waals surface area contributed by atoms with Crippen LogP contribution in [-0.4, -0.2) is 48.6 Å². The van der Waals surface area contributed by atoms with Gasteiger partial charge in [0.05, 0.1) is 0 Å². The smallest absolute Gasteiger partial charge is 0.0147 e. The molecular formula is C12H24N2S. The molecule has 2 heterocycles. The molecule has 0 aromatic heterocycles. The van der Waals surface area contributed by atoms with E-state index in [-0.39, 0.29) is 0 Å². The Morgan fingerprint density at radius 1 is 1.33 bits per heavy atom. The largest absolute Gasteiger partial charge is 0.317 e. The topological polar surface area (TPSA) is 15.3 Å². The number of hydrogen-bond donors (Lipinski definition) is 1. The van der Waals surface area contributed by atoms with Gasteiger partial charge >= 0.3 is 0 Å². The third-order valence-electron chi connectivity index (χ3n) is 3.64. The first-order chi connectivity index (χ1) is 7.34. The van der Waals surface area contributed by atoms with Crippen molar-refractivity contribution < 1.29 is 0 Å². The Bertz CT molecular complexity index is 180. The third-order valence-corrected chi connectivity index (χ3v) is 4.77. The Balaban J connectivity index is 1.63. The molecule has 0 radical (unpaired) electrons. The molecule has 2 aliphatic heterocycles. The molecule has 2 fully saturated rings. The minimum atomic E-state index is 0.853. The van der Waals surface area contributed by atoms with Gasteiger partial charge < -0.3 is 10.2 Å². The maximum Gasteiger partial charge on any atom is 0.0147 e. The fourth-order valence-corrected chi connectivity index (χ4v) is 3.71. The van der Waals surface area contributed by atoms with Crippen molar-refractivity contribution in [2.75, 3.05) is 38.5 Å². The summed E-state index contributed by atoms with van der Waals surface area (Å²) in [5.41, 5.74) is 0. The summed E-state index contributed by atoms with van der Waals surface area (Å²) in [6.45, 7) is 8.83. The zero-order valence-corrected chi connectivity index (χ0v) is 10.7. The fourth-order valence-electron chi connectivity index (χ4n) is 2.63. The van der Waals surface area contributed by atoms with Crippen LogP contribution in [0.4, 0.5) is 0 Å². The summed E-state index contributed by atoms with van der Waals surface area (Å²) >= 11 is 2.13. The molecule has 0 amide bonds. The van der Waals surface area contributed by atoms with E-state index < -0.39 is 0 Å². The average molecular weight is 228 g/mol. The zero-order valence-electron chi connectivity index (χ0n) is 9.87. The molecule has 0 spiro atoms. The first-order valence-corrected chi connectivity index (χ1v) is 7.44. The van der Waals surface area contributed by atoms with Crippen molar-refractivity contribution in [3.05, 3.63) is 0 Å². The van der Waals surface area contributed by atoms with Gasteiger partial charge in [-0.25, -0.2) is 0 Å². The molecule has 1 N–H and O–H groups in total. The molecule has 2 aliphatic rings. The van der Waals surface area contributed by atoms with Crippen molar-refractivity contribution in [2.24, 2.45) is 5.92 Å². The lowest BCUT2D eigenvalue weighted by Crippen LogP contribution is -2.38. The molecule has 2 nitrogen and oxygen atoms in total. The minimum absolute atomic E-state index is 0.853. The molecule has 2 saturated heterocycles. The molecule has 1 unspecified atom stereocenters. The van der Waals surface area contributed by atoms with Gasteiger partial charge in [-0.05, 0) is 44.8 Å². The molecule has 88 valence electrons. The van der Waals surface area contributed by atoms with Gasteiger partial charge in [-0.3, -0.25) is 0 Å². The summed E-state index contributed by atoms with van der Waals surface area (Å²) in [6, 6.07) is 0. The quantitative estimate of drug-likeness (QED) is 0.793. The van der Waals surface area contributed by atoms with E-state index in [1.807, 2.05) is 0 Å². The van der Waals surface area contributed by atoms with Crippen LogP contribution < -0.4 is 5.32 Å². The lowest BCUT2D eigenvalue weighted by molar-refractivity contribution is 0.243. The summed E-state index contributed by atoms with van der Waals surface area (Å²) in [4.78, 5) is 2.67. The average Bonchev–Trinajstić information content (AvgIpc) is 2.28. The third kappa shape index (κ3) is 3.97. The lowest BCUT2D eigenvalue weighted by Gasteiger charge is -2.32. The Morgan fingerprint density at radius 3 is 2.87 bits per heavy atom. The van der Waals surface area contributed by atoms with E-state index >= 15 is 0 Å². The zero-order chi connectivity index (χ0) is 10.5. The number of rotatable bonds is 3. The maximum atomic E-state index is 3.44. The Morgan fingerprint density at radius 2 is 2.13 bits per heavy atom. The van der Waals surface area contributed by atoms with Crippen LogP contribution in [0.25, 0.3) is 0 Å². The second-order valence-electron chi connectivity index (χ2n) is 4.96. The number of nitrogens with zero attached hydrogens (tertiary/aromatic N) is 1. The van der Waals surface area contributed by atoms with E-state index in [0.717, 1.165) is 11.2 Å². The van der Waals surface area contributed by atoms with Crippen LogP contribution in [0.2, 0.25) is 0 Å². The van der Waals surface area contributed by atoms with Crippen molar-refractivity contribution in [1.29, 1.82) is 0 Å². The number of thioether (sulfide) groups is 1. The molecule has 0 aliphatic carbocycles. The SMILES string of the molecule is CC1CN(CCC2CCNCC2)CCS1. The van der Waals surface area contributed by atoms with Gasteiger partial charge in [-0.2, -0.15) is 11.8 Å². The molecule has 2 rings (SSSR count). The predicted molar refractivity (Wildman–Crippen MR) is 68.6 cm³/mol. The first kappa shape index (κ1) is 11.7. The number of hydrogen-bond acceptors (Lipinski definition) is 3. The van der Waals surface area contributed by atoms with Gasteiger partial charge in [0, 0.05) is 24.1 Å². The highest BCUT2D eigenvalue weighted by Gasteiger charge is 2.18. The van der Waals surface area contributed by atoms with Crippen molar-refractivity contribution >= 4 is 11.8 Å². The standard InChI is InChI=1S/C12H24N2S/c1-11-10-14(8-9-15-11)7-4-12-2-5-13-6-3-12/h11-13H,2-10H2,1H3. The van der Waals surface area contributed by atoms with E-state index in [4.69, 9.17) is 0 Å². The molecule has 1 atom stereocenters. The molecule has 0 bridgehead atoms. The summed E-state index contributed by atoms with van der Waals surface area (Å²) in [5.74, 6) is 2.34. The van der Waals surface area contributed by atoms with Crippen LogP contribution in [-0.2, 0) is 0 Å². The monoisotopic (exact) mass is 228 g/mol. The summed E-state index contributed by atoms with van der Waals surface area (Å²) in [5, 5.41) is 4.30. The molecule has 0 saturated carbocycles. The minimum Gasteiger partial charge on any atom is -0.317 e. The first-order valence-electron chi connectivity index (χ1n) is 6.39. The van der Waals surface area contributed by atoms with E-state index in [1.165, 1.54) is 57.7 Å². The summed E-state index contributed by atoms with van der Waals surface area (Å²) in [7, 11) is 0. The second-order valence-corrected chi connectivity index (χ2v) is 6.51. The highest BCUT2D eigenvalue weighted by molar-refractivity contribution is 7.99. The van der Waals surface area contributed by atoms with Crippen molar-refractivity contribution in [2.45, 2.75) is 31.4 Å². The highest BCUT2D eigenvalue weighted by Crippen LogP contribution is 2.20. The van der Waals surface area contributed by atoms with Crippen LogP contribution in [0, 0.1) is 5.92 Å². The van der Waals surface area contributed by atoms with Gasteiger partial charge in [0.2, 0.25) is 0 Å². The van der Waals surface area contributed by atoms with Crippen LogP contribution >= 0.6 is 11.8 Å². The van der Waals surface area contributed by atoms with Crippen LogP contribution in [0.3, 0.4) is 0 Å². The maximum absolute atomic E-state index is 3.44. The predicted octanol–water partition coefficient (Wildman–Crippen LogP) is 1.81. The summed E-state index contributed by atoms with van der Waals surface area (Å²) < 4.78 is 0. The highest BCUT2D eigenvalue weighted by atomic mass is 32.2. The van der Waals surface area contributed by atoms with Gasteiger partial charge in [-0.1, -0.05) is 6.92 Å². The van der Waals surface area contributed by atoms with E-state index in [9.17, 15) is 0 Å². The van der Waals surface area contributed by atoms with Gasteiger partial charge in [0.25, 0.3) is 0 Å². The van der Waals surface area contributed by atoms with Crippen molar-refractivity contribution in [3.63, 3.8) is 0 Å². The van der Waals surface area contributed by atoms with Crippen molar-refractivity contribution in [3.8, 4) is 0 Å². The van der Waals surface area contributed by atoms with E-state index in [1.54, 1.807) is 0 Å². The Kier molecular flexibility index (Phi) is 4.79. The Hall–Kier alpha value is 0.270. The van der Waals surface area contributed by atoms with Gasteiger partial charge in [0.1, 0.15) is 0 Å². The second kappa shape index (κ2) is 6.12. The fraction of sp³-hybridized carbons (Fsp3) is 1.00. The van der Waals surface area contributed by atoms with Crippen molar-refractivity contribution in [1.82, 2.24) is 10.2 Å². The van der Waals surface area contributed by atoms with E-state index in [2.05, 4.69) is 28.9 Å². The van der Waals surface area contributed by atoms with Gasteiger partial charge in [0.15, 0.2) is 0 Å². The lowest BCUT2D eigenvalue weighted by atomic mass is 9.94. The molecule has 3 heteroatoms. The Labute approximate surface area is 98.2 Å².